The number of aliphatic hydroxyl groups excluding tert-OH is 5. The van der Waals surface area contributed by atoms with Crippen LogP contribution in [0.1, 0.15) is 87.9 Å². The molecule has 2 heterocycles. The van der Waals surface area contributed by atoms with Crippen LogP contribution in [0.2, 0.25) is 0 Å². The van der Waals surface area contributed by atoms with Gasteiger partial charge in [0.2, 0.25) is 0 Å². The molecule has 5 N–H and O–H groups in total. The standard InChI is InChI=1S/C38H56O16.Na/c1-20-28(41)30(43)31(44)37(49-20)54-32-22(16-17-27(40)48-2)14-9-15-24(32)51-38-34(53-36(47)23-12-7-4-8-13-23)33(29(42)26(19-39)52-38)50-25(35(45)46)18-21-10-5-3-6-11-21;/h4,7-8,12-13,20-22,24-26,28-34,37-39,41-44H,3,5-6,9-11,14-19H2,1-2H3,(H,45,46);/q;+1/p-1/t20-,22?,24+,25-,26+,28+,29-,30+,31-,32+,33-,34+,37-,38+;/m0./s1. The predicted octanol–water partition coefficient (Wildman–Crippen LogP) is -2.88. The number of hydrogen-bond donors (Lipinski definition) is 5. The molecular formula is C38H55NaO16. The second kappa shape index (κ2) is 21.8. The maximum Gasteiger partial charge on any atom is 1.00 e. The molecule has 0 bridgehead atoms. The Morgan fingerprint density at radius 1 is 0.836 bits per heavy atom. The van der Waals surface area contributed by atoms with Crippen LogP contribution in [-0.2, 0) is 42.7 Å². The number of benzene rings is 1. The molecule has 1 aromatic rings. The Balaban J connectivity index is 0.00000673. The number of carboxylic acids is 1. The molecule has 0 radical (unpaired) electrons. The quantitative estimate of drug-likeness (QED) is 0.0886. The largest absolute Gasteiger partial charge is 1.00 e. The summed E-state index contributed by atoms with van der Waals surface area (Å²) in [6.07, 6.45) is -11.6. The van der Waals surface area contributed by atoms with Crippen LogP contribution in [0.5, 0.6) is 0 Å². The normalized spacial score (nSPS) is 36.2. The van der Waals surface area contributed by atoms with Gasteiger partial charge in [-0.1, -0.05) is 56.7 Å². The number of carboxylic acid groups (broad SMARTS) is 1. The summed E-state index contributed by atoms with van der Waals surface area (Å²) in [5.74, 6) is -3.17. The Kier molecular flexibility index (Phi) is 18.2. The molecule has 4 fully saturated rings. The fraction of sp³-hybridized carbons (Fsp3) is 0.763. The zero-order valence-corrected chi connectivity index (χ0v) is 33.8. The van der Waals surface area contributed by atoms with E-state index < -0.39 is 110 Å². The van der Waals surface area contributed by atoms with Crippen molar-refractivity contribution in [3.8, 4) is 0 Å². The maximum absolute atomic E-state index is 13.6. The summed E-state index contributed by atoms with van der Waals surface area (Å²) in [4.78, 5) is 38.2. The summed E-state index contributed by atoms with van der Waals surface area (Å²) >= 11 is 0. The fourth-order valence-corrected chi connectivity index (χ4v) is 8.04. The van der Waals surface area contributed by atoms with Gasteiger partial charge in [-0.15, -0.1) is 0 Å². The summed E-state index contributed by atoms with van der Waals surface area (Å²) in [6, 6.07) is 7.98. The van der Waals surface area contributed by atoms with E-state index in [4.69, 9.17) is 33.2 Å². The molecule has 16 nitrogen and oxygen atoms in total. The van der Waals surface area contributed by atoms with Gasteiger partial charge < -0.3 is 68.6 Å². The number of esters is 2. The molecule has 1 aromatic carbocycles. The maximum atomic E-state index is 13.6. The van der Waals surface area contributed by atoms with Crippen molar-refractivity contribution < 1.29 is 108 Å². The molecule has 17 heteroatoms. The van der Waals surface area contributed by atoms with Gasteiger partial charge in [-0.2, -0.15) is 0 Å². The molecule has 304 valence electrons. The average molecular weight is 791 g/mol. The van der Waals surface area contributed by atoms with Gasteiger partial charge in [-0.3, -0.25) is 4.79 Å². The first-order chi connectivity index (χ1) is 25.9. The van der Waals surface area contributed by atoms with E-state index in [9.17, 15) is 45.0 Å². The Morgan fingerprint density at radius 2 is 1.55 bits per heavy atom. The van der Waals surface area contributed by atoms with Crippen molar-refractivity contribution in [1.29, 1.82) is 0 Å². The molecule has 1 unspecified atom stereocenters. The topological polar surface area (TPSA) is 240 Å². The Labute approximate surface area is 343 Å². The van der Waals surface area contributed by atoms with Crippen molar-refractivity contribution in [3.63, 3.8) is 0 Å². The van der Waals surface area contributed by atoms with Crippen LogP contribution in [0.25, 0.3) is 0 Å². The molecule has 2 aliphatic heterocycles. The zero-order chi connectivity index (χ0) is 38.9. The average Bonchev–Trinajstić information content (AvgIpc) is 3.18. The molecule has 0 aromatic heterocycles. The predicted molar refractivity (Wildman–Crippen MR) is 183 cm³/mol. The molecule has 2 saturated carbocycles. The van der Waals surface area contributed by atoms with Crippen LogP contribution in [0.15, 0.2) is 30.3 Å². The van der Waals surface area contributed by atoms with Crippen molar-refractivity contribution in [2.45, 2.75) is 157 Å². The van der Waals surface area contributed by atoms with Crippen molar-refractivity contribution in [2.75, 3.05) is 13.7 Å². The molecule has 5 rings (SSSR count). The fourth-order valence-electron chi connectivity index (χ4n) is 8.04. The van der Waals surface area contributed by atoms with Crippen LogP contribution >= 0.6 is 0 Å². The monoisotopic (exact) mass is 790 g/mol. The molecule has 4 aliphatic rings. The first-order valence-electron chi connectivity index (χ1n) is 19.1. The van der Waals surface area contributed by atoms with Crippen molar-refractivity contribution >= 4 is 17.9 Å². The van der Waals surface area contributed by atoms with Gasteiger partial charge in [0.05, 0.1) is 49.7 Å². The van der Waals surface area contributed by atoms with Gasteiger partial charge in [0, 0.05) is 6.42 Å². The van der Waals surface area contributed by atoms with Gasteiger partial charge >= 0.3 is 41.5 Å². The van der Waals surface area contributed by atoms with Gasteiger partial charge in [0.1, 0.15) is 36.6 Å². The SMILES string of the molecule is COC(=O)CCC1CCC[C@@H](O[C@@H]2O[C@H](CO)[C@H](O)[C@H](O[C@@H](CC3CCCCC3)C(=O)[O-])[C@H]2OC(=O)c2ccccc2)[C@@H]1O[C@@H]1O[C@@H](C)[C@@H](O)[C@@H](O)[C@@H]1O.[Na+]. The molecule has 2 saturated heterocycles. The molecule has 14 atom stereocenters. The molecule has 0 spiro atoms. The number of ether oxygens (including phenoxy) is 7. The van der Waals surface area contributed by atoms with Gasteiger partial charge in [-0.25, -0.2) is 4.79 Å². The number of carbonyl (C=O) groups is 3. The van der Waals surface area contributed by atoms with Gasteiger partial charge in [0.15, 0.2) is 18.7 Å². The Bertz CT molecular complexity index is 1350. The number of carbonyl (C=O) groups excluding carboxylic acids is 3. The molecule has 0 amide bonds. The van der Waals surface area contributed by atoms with Gasteiger partial charge in [0.25, 0.3) is 0 Å². The summed E-state index contributed by atoms with van der Waals surface area (Å²) in [5.41, 5.74) is 0.146. The van der Waals surface area contributed by atoms with E-state index in [1.54, 1.807) is 18.2 Å². The van der Waals surface area contributed by atoms with E-state index in [2.05, 4.69) is 0 Å². The third kappa shape index (κ3) is 11.9. The number of rotatable bonds is 15. The first kappa shape index (κ1) is 45.9. The third-order valence-corrected chi connectivity index (χ3v) is 11.2. The van der Waals surface area contributed by atoms with E-state index in [0.717, 1.165) is 32.1 Å². The number of hydrogen-bond acceptors (Lipinski definition) is 16. The summed E-state index contributed by atoms with van der Waals surface area (Å²) in [6.45, 7) is 0.779. The first-order valence-corrected chi connectivity index (χ1v) is 19.1. The van der Waals surface area contributed by atoms with E-state index in [1.165, 1.54) is 26.2 Å². The number of methoxy groups -OCH3 is 1. The minimum Gasteiger partial charge on any atom is -0.547 e. The van der Waals surface area contributed by atoms with Crippen molar-refractivity contribution in [3.05, 3.63) is 35.9 Å². The van der Waals surface area contributed by atoms with E-state index >= 15 is 0 Å². The summed E-state index contributed by atoms with van der Waals surface area (Å²) in [5, 5.41) is 65.9. The van der Waals surface area contributed by atoms with E-state index in [1.807, 2.05) is 0 Å². The minimum absolute atomic E-state index is 0. The second-order valence-corrected chi connectivity index (χ2v) is 14.9. The summed E-state index contributed by atoms with van der Waals surface area (Å²) < 4.78 is 41.6. The summed E-state index contributed by atoms with van der Waals surface area (Å²) in [7, 11) is 1.27. The van der Waals surface area contributed by atoms with Crippen molar-refractivity contribution in [2.24, 2.45) is 11.8 Å². The van der Waals surface area contributed by atoms with Crippen LogP contribution in [-0.4, -0.2) is 137 Å². The Hall–Kier alpha value is -1.77. The second-order valence-electron chi connectivity index (χ2n) is 14.9. The van der Waals surface area contributed by atoms with Crippen LogP contribution in [0, 0.1) is 11.8 Å². The molecule has 55 heavy (non-hydrogen) atoms. The minimum atomic E-state index is -1.66. The van der Waals surface area contributed by atoms with E-state index in [-0.39, 0.29) is 60.3 Å². The van der Waals surface area contributed by atoms with Crippen LogP contribution in [0.4, 0.5) is 0 Å². The molecular weight excluding hydrogens is 735 g/mol. The van der Waals surface area contributed by atoms with Crippen LogP contribution < -0.4 is 34.7 Å². The number of aliphatic carboxylic acids is 1. The smallest absolute Gasteiger partial charge is 0.547 e. The van der Waals surface area contributed by atoms with Gasteiger partial charge in [-0.05, 0) is 56.6 Å². The van der Waals surface area contributed by atoms with Crippen LogP contribution in [0.3, 0.4) is 0 Å². The third-order valence-electron chi connectivity index (χ3n) is 11.2. The van der Waals surface area contributed by atoms with Crippen molar-refractivity contribution in [1.82, 2.24) is 0 Å². The zero-order valence-electron chi connectivity index (χ0n) is 31.8. The Morgan fingerprint density at radius 3 is 2.20 bits per heavy atom. The number of aliphatic hydroxyl groups is 5. The molecule has 2 aliphatic carbocycles. The van der Waals surface area contributed by atoms with E-state index in [0.29, 0.717) is 19.3 Å².